The molecule has 2 aromatic rings. The van der Waals surface area contributed by atoms with Crippen molar-refractivity contribution in [1.82, 2.24) is 9.55 Å². The van der Waals surface area contributed by atoms with Crippen molar-refractivity contribution in [2.24, 2.45) is 0 Å². The molecule has 2 rings (SSSR count). The Kier molecular flexibility index (Phi) is 3.99. The summed E-state index contributed by atoms with van der Waals surface area (Å²) in [5, 5.41) is 9.15. The summed E-state index contributed by atoms with van der Waals surface area (Å²) in [6.45, 7) is 1.81. The predicted molar refractivity (Wildman–Crippen MR) is 71.4 cm³/mol. The second kappa shape index (κ2) is 5.54. The van der Waals surface area contributed by atoms with Crippen molar-refractivity contribution in [3.8, 4) is 0 Å². The Morgan fingerprint density at radius 3 is 2.70 bits per heavy atom. The molecule has 0 saturated carbocycles. The largest absolute Gasteiger partial charge is 0.477 e. The second-order valence-corrected chi connectivity index (χ2v) is 4.64. The van der Waals surface area contributed by atoms with Gasteiger partial charge in [-0.25, -0.2) is 13.6 Å². The molecule has 20 heavy (non-hydrogen) atoms. The average Bonchev–Trinajstić information content (AvgIpc) is 2.77. The molecular weight excluding hydrogens is 286 g/mol. The number of H-pyrrole nitrogens is 1. The molecule has 0 fully saturated rings. The smallest absolute Gasteiger partial charge is 0.354 e. The van der Waals surface area contributed by atoms with E-state index >= 15 is 0 Å². The maximum Gasteiger partial charge on any atom is 0.354 e. The van der Waals surface area contributed by atoms with E-state index in [4.69, 9.17) is 17.3 Å². The van der Waals surface area contributed by atoms with Gasteiger partial charge in [0, 0.05) is 6.20 Å². The van der Waals surface area contributed by atoms with Gasteiger partial charge in [-0.15, -0.1) is 0 Å². The Morgan fingerprint density at radius 1 is 1.45 bits per heavy atom. The maximum atomic E-state index is 13.3. The van der Waals surface area contributed by atoms with Crippen LogP contribution in [-0.4, -0.2) is 20.6 Å². The quantitative estimate of drug-likeness (QED) is 0.849. The fourth-order valence-corrected chi connectivity index (χ4v) is 2.42. The molecule has 0 spiro atoms. The molecule has 0 aliphatic heterocycles. The minimum absolute atomic E-state index is 0.0217. The Balaban J connectivity index is 2.58. The Labute approximate surface area is 118 Å². The Hall–Kier alpha value is -2.02. The lowest BCUT2D eigenvalue weighted by Gasteiger charge is -2.19. The minimum atomic E-state index is -1.14. The molecule has 7 heteroatoms. The van der Waals surface area contributed by atoms with Gasteiger partial charge in [0.25, 0.3) is 0 Å². The van der Waals surface area contributed by atoms with Gasteiger partial charge in [0.1, 0.15) is 5.69 Å². The van der Waals surface area contributed by atoms with Gasteiger partial charge in [0.05, 0.1) is 6.04 Å². The number of carbonyl (C=O) groups is 1. The Bertz CT molecular complexity index is 709. The van der Waals surface area contributed by atoms with Crippen LogP contribution in [-0.2, 0) is 0 Å². The molecule has 0 radical (unpaired) electrons. The number of aromatic amines is 1. The van der Waals surface area contributed by atoms with Crippen molar-refractivity contribution in [1.29, 1.82) is 0 Å². The first-order valence-corrected chi connectivity index (χ1v) is 6.34. The van der Waals surface area contributed by atoms with E-state index < -0.39 is 23.6 Å². The van der Waals surface area contributed by atoms with Gasteiger partial charge >= 0.3 is 5.97 Å². The van der Waals surface area contributed by atoms with E-state index in [0.29, 0.717) is 12.0 Å². The van der Waals surface area contributed by atoms with E-state index in [0.717, 1.165) is 12.1 Å². The first-order valence-electron chi connectivity index (χ1n) is 5.93. The normalized spacial score (nSPS) is 12.3. The zero-order chi connectivity index (χ0) is 14.9. The van der Waals surface area contributed by atoms with Crippen LogP contribution in [0.25, 0.3) is 0 Å². The van der Waals surface area contributed by atoms with Gasteiger partial charge < -0.3 is 14.7 Å². The molecule has 1 atom stereocenters. The third-order valence-corrected chi connectivity index (χ3v) is 3.37. The predicted octanol–water partition coefficient (Wildman–Crippen LogP) is 3.52. The van der Waals surface area contributed by atoms with Crippen molar-refractivity contribution in [3.05, 3.63) is 52.1 Å². The van der Waals surface area contributed by atoms with E-state index in [1.54, 1.807) is 0 Å². The summed E-state index contributed by atoms with van der Waals surface area (Å²) in [5.41, 5.74) is 0.441. The highest BCUT2D eigenvalue weighted by atomic mass is 32.1. The number of aromatic carboxylic acids is 1. The standard InChI is InChI=1S/C13H12F2N2O2S/c1-2-10(7-3-4-8(14)9(15)5-7)17-11(12(18)19)6-16-13(17)20/h3-6,10H,2H2,1H3,(H,16,20)(H,18,19). The SMILES string of the molecule is CCC(c1ccc(F)c(F)c1)n1c(C(=O)O)c[nH]c1=S. The lowest BCUT2D eigenvalue weighted by Crippen LogP contribution is -2.16. The number of halogens is 2. The number of carboxylic acids is 1. The van der Waals surface area contributed by atoms with Crippen molar-refractivity contribution < 1.29 is 18.7 Å². The first kappa shape index (κ1) is 14.4. The number of hydrogen-bond donors (Lipinski definition) is 2. The first-order chi connectivity index (χ1) is 9.45. The summed E-state index contributed by atoms with van der Waals surface area (Å²) < 4.78 is 27.9. The molecule has 1 aromatic heterocycles. The van der Waals surface area contributed by atoms with E-state index in [1.807, 2.05) is 6.92 Å². The van der Waals surface area contributed by atoms with Gasteiger partial charge in [-0.1, -0.05) is 13.0 Å². The number of nitrogens with zero attached hydrogens (tertiary/aromatic N) is 1. The molecule has 1 heterocycles. The van der Waals surface area contributed by atoms with Crippen LogP contribution >= 0.6 is 12.2 Å². The highest BCUT2D eigenvalue weighted by Gasteiger charge is 2.21. The maximum absolute atomic E-state index is 13.3. The van der Waals surface area contributed by atoms with Gasteiger partial charge in [0.15, 0.2) is 16.4 Å². The molecule has 0 bridgehead atoms. The molecule has 2 N–H and O–H groups in total. The lowest BCUT2D eigenvalue weighted by atomic mass is 10.0. The van der Waals surface area contributed by atoms with Gasteiger partial charge in [-0.2, -0.15) is 0 Å². The van der Waals surface area contributed by atoms with E-state index in [-0.39, 0.29) is 10.5 Å². The highest BCUT2D eigenvalue weighted by molar-refractivity contribution is 7.71. The summed E-state index contributed by atoms with van der Waals surface area (Å²) in [7, 11) is 0. The fourth-order valence-electron chi connectivity index (χ4n) is 2.14. The van der Waals surface area contributed by atoms with Crippen LogP contribution in [0.1, 0.15) is 35.4 Å². The molecule has 0 aliphatic carbocycles. The van der Waals surface area contributed by atoms with Crippen molar-refractivity contribution in [3.63, 3.8) is 0 Å². The zero-order valence-corrected chi connectivity index (χ0v) is 11.4. The minimum Gasteiger partial charge on any atom is -0.477 e. The number of rotatable bonds is 4. The molecule has 0 amide bonds. The van der Waals surface area contributed by atoms with Crippen LogP contribution < -0.4 is 0 Å². The van der Waals surface area contributed by atoms with Gasteiger partial charge in [-0.3, -0.25) is 0 Å². The van der Waals surface area contributed by atoms with E-state index in [9.17, 15) is 13.6 Å². The van der Waals surface area contributed by atoms with Crippen molar-refractivity contribution in [2.75, 3.05) is 0 Å². The summed E-state index contributed by atoms with van der Waals surface area (Å²) in [4.78, 5) is 13.8. The number of aromatic nitrogens is 2. The van der Waals surface area contributed by atoms with Crippen LogP contribution in [0.5, 0.6) is 0 Å². The number of carboxylic acid groups (broad SMARTS) is 1. The summed E-state index contributed by atoms with van der Waals surface area (Å²) in [5.74, 6) is -3.06. The topological polar surface area (TPSA) is 58.0 Å². The molecule has 0 aliphatic rings. The zero-order valence-electron chi connectivity index (χ0n) is 10.6. The molecule has 4 nitrogen and oxygen atoms in total. The number of imidazole rings is 1. The summed E-state index contributed by atoms with van der Waals surface area (Å²) >= 11 is 5.07. The lowest BCUT2D eigenvalue weighted by molar-refractivity contribution is 0.0683. The number of benzene rings is 1. The number of nitrogens with one attached hydrogen (secondary N) is 1. The monoisotopic (exact) mass is 298 g/mol. The van der Waals surface area contributed by atoms with Crippen LogP contribution in [0.15, 0.2) is 24.4 Å². The van der Waals surface area contributed by atoms with Crippen molar-refractivity contribution >= 4 is 18.2 Å². The third kappa shape index (κ3) is 2.49. The molecule has 1 aromatic carbocycles. The van der Waals surface area contributed by atoms with Crippen molar-refractivity contribution in [2.45, 2.75) is 19.4 Å². The summed E-state index contributed by atoms with van der Waals surface area (Å²) in [6.07, 6.45) is 1.77. The van der Waals surface area contributed by atoms with Crippen LogP contribution in [0.2, 0.25) is 0 Å². The van der Waals surface area contributed by atoms with Crippen LogP contribution in [0.4, 0.5) is 8.78 Å². The van der Waals surface area contributed by atoms with Crippen LogP contribution in [0.3, 0.4) is 0 Å². The Morgan fingerprint density at radius 2 is 2.15 bits per heavy atom. The van der Waals surface area contributed by atoms with Gasteiger partial charge in [0.2, 0.25) is 0 Å². The third-order valence-electron chi connectivity index (χ3n) is 3.06. The molecular formula is C13H12F2N2O2S. The molecule has 1 unspecified atom stereocenters. The van der Waals surface area contributed by atoms with Gasteiger partial charge in [-0.05, 0) is 36.3 Å². The number of hydrogen-bond acceptors (Lipinski definition) is 2. The summed E-state index contributed by atoms with van der Waals surface area (Å²) in [6, 6.07) is 3.02. The van der Waals surface area contributed by atoms with E-state index in [2.05, 4.69) is 4.98 Å². The molecule has 106 valence electrons. The highest BCUT2D eigenvalue weighted by Crippen LogP contribution is 2.25. The van der Waals surface area contributed by atoms with E-state index in [1.165, 1.54) is 16.8 Å². The fraction of sp³-hybridized carbons (Fsp3) is 0.231. The second-order valence-electron chi connectivity index (χ2n) is 4.25. The molecule has 0 saturated heterocycles. The van der Waals surface area contributed by atoms with Crippen LogP contribution in [0, 0.1) is 16.4 Å². The average molecular weight is 298 g/mol.